The first kappa shape index (κ1) is 11.3. The summed E-state index contributed by atoms with van der Waals surface area (Å²) in [6, 6.07) is 0. The van der Waals surface area contributed by atoms with E-state index in [1.807, 2.05) is 0 Å². The summed E-state index contributed by atoms with van der Waals surface area (Å²) in [5, 5.41) is 12.3. The van der Waals surface area contributed by atoms with Gasteiger partial charge < -0.3 is 16.6 Å². The van der Waals surface area contributed by atoms with Gasteiger partial charge >= 0.3 is 11.9 Å². The molecule has 0 radical (unpaired) electrons. The zero-order chi connectivity index (χ0) is 11.1. The fraction of sp³-hybridized carbons (Fsp3) is 0.400. The Morgan fingerprint density at radius 1 is 1.47 bits per heavy atom. The number of aliphatic hydroxyl groups is 1. The SMILES string of the molecule is Nc1cnn(CCO)c1N.[HH].o1ooso1. The summed E-state index contributed by atoms with van der Waals surface area (Å²) in [5.74, 6) is 0.411. The Hall–Kier alpha value is -1.81. The summed E-state index contributed by atoms with van der Waals surface area (Å²) in [5.41, 5.74) is 11.3. The minimum Gasteiger partial charge on any atom is -0.394 e. The van der Waals surface area contributed by atoms with Crippen molar-refractivity contribution in [2.24, 2.45) is 0 Å². The molecule has 0 amide bonds. The van der Waals surface area contributed by atoms with Crippen LogP contribution in [0.3, 0.4) is 0 Å². The third-order valence-electron chi connectivity index (χ3n) is 1.36. The highest BCUT2D eigenvalue weighted by Crippen LogP contribution is 2.11. The van der Waals surface area contributed by atoms with Gasteiger partial charge in [-0.2, -0.15) is 5.10 Å². The van der Waals surface area contributed by atoms with Gasteiger partial charge in [0.05, 0.1) is 25.0 Å². The Kier molecular flexibility index (Phi) is 4.37. The van der Waals surface area contributed by atoms with Crippen LogP contribution in [0, 0.1) is 0 Å². The second kappa shape index (κ2) is 5.82. The van der Waals surface area contributed by atoms with Crippen molar-refractivity contribution in [3.8, 4) is 0 Å². The highest BCUT2D eigenvalue weighted by atomic mass is 32.1. The zero-order valence-corrected chi connectivity index (χ0v) is 8.35. The second-order valence-corrected chi connectivity index (χ2v) is 2.68. The average Bonchev–Trinajstić information content (AvgIpc) is 2.87. The largest absolute Gasteiger partial charge is 0.394 e. The van der Waals surface area contributed by atoms with Crippen molar-refractivity contribution >= 4 is 23.4 Å². The highest BCUT2D eigenvalue weighted by Gasteiger charge is 2.00. The average molecular weight is 240 g/mol. The minimum atomic E-state index is 0. The summed E-state index contributed by atoms with van der Waals surface area (Å²) in [6.07, 6.45) is 1.46. The Balaban J connectivity index is 0.000000318. The van der Waals surface area contributed by atoms with Gasteiger partial charge in [-0.25, -0.2) is 4.68 Å². The molecule has 0 unspecified atom stereocenters. The number of nitrogens with two attached hydrogens (primary N) is 2. The lowest BCUT2D eigenvalue weighted by Crippen LogP contribution is -2.07. The van der Waals surface area contributed by atoms with Gasteiger partial charge in [0, 0.05) is 1.43 Å². The molecule has 0 saturated carbocycles. The molecule has 2 aromatic rings. The normalized spacial score (nSPS) is 9.40. The molecule has 0 saturated heterocycles. The maximum atomic E-state index is 8.50. The standard InChI is InChI=1S/C5H10N4O.O4S.H2/c6-4-3-8-9(1-2-10)5(4)7;1-2-4-5-3-1;/h3,10H,1-2,6-7H2;;1H. The van der Waals surface area contributed by atoms with Crippen molar-refractivity contribution in [3.63, 3.8) is 0 Å². The molecule has 2 rings (SSSR count). The van der Waals surface area contributed by atoms with E-state index in [1.54, 1.807) is 0 Å². The molecule has 0 aromatic carbocycles. The van der Waals surface area contributed by atoms with Crippen molar-refractivity contribution < 1.29 is 24.0 Å². The van der Waals surface area contributed by atoms with E-state index >= 15 is 0 Å². The fourth-order valence-electron chi connectivity index (χ4n) is 0.739. The topological polar surface area (TPSA) is 143 Å². The number of aliphatic hydroxyl groups excluding tert-OH is 1. The highest BCUT2D eigenvalue weighted by molar-refractivity contribution is 6.92. The molecular formula is C5H12N4O5S. The van der Waals surface area contributed by atoms with Crippen molar-refractivity contribution in [1.29, 1.82) is 0 Å². The van der Waals surface area contributed by atoms with Crippen molar-refractivity contribution in [2.45, 2.75) is 6.54 Å². The molecule has 10 heteroatoms. The predicted molar refractivity (Wildman–Crippen MR) is 51.3 cm³/mol. The van der Waals surface area contributed by atoms with Crippen LogP contribution in [-0.4, -0.2) is 21.5 Å². The van der Waals surface area contributed by atoms with Crippen LogP contribution in [0.4, 0.5) is 11.5 Å². The van der Waals surface area contributed by atoms with Crippen LogP contribution >= 0.6 is 11.9 Å². The summed E-state index contributed by atoms with van der Waals surface area (Å²) in [7, 11) is 0. The molecule has 0 aliphatic rings. The summed E-state index contributed by atoms with van der Waals surface area (Å²) in [4.78, 5) is 0. The number of rotatable bonds is 2. The molecule has 0 spiro atoms. The van der Waals surface area contributed by atoms with Gasteiger partial charge in [0.1, 0.15) is 5.82 Å². The molecule has 15 heavy (non-hydrogen) atoms. The third kappa shape index (κ3) is 3.44. The van der Waals surface area contributed by atoms with E-state index < -0.39 is 0 Å². The van der Waals surface area contributed by atoms with E-state index in [0.717, 1.165) is 0 Å². The number of hydrogen-bond donors (Lipinski definition) is 3. The molecular weight excluding hydrogens is 228 g/mol. The zero-order valence-electron chi connectivity index (χ0n) is 7.53. The van der Waals surface area contributed by atoms with Gasteiger partial charge in [0.15, 0.2) is 0 Å². The molecule has 2 aromatic heterocycles. The van der Waals surface area contributed by atoms with Crippen LogP contribution in [0.25, 0.3) is 0 Å². The van der Waals surface area contributed by atoms with Crippen LogP contribution in [0.1, 0.15) is 1.43 Å². The second-order valence-electron chi connectivity index (χ2n) is 2.27. The van der Waals surface area contributed by atoms with Gasteiger partial charge in [-0.3, -0.25) is 0 Å². The summed E-state index contributed by atoms with van der Waals surface area (Å²) >= 11 is 0.630. The number of aromatic nitrogens is 2. The molecule has 0 fully saturated rings. The minimum absolute atomic E-state index is 0. The van der Waals surface area contributed by atoms with E-state index in [1.165, 1.54) is 10.9 Å². The van der Waals surface area contributed by atoms with E-state index in [9.17, 15) is 0 Å². The molecule has 2 heterocycles. The lowest BCUT2D eigenvalue weighted by molar-refractivity contribution is -0.241. The lowest BCUT2D eigenvalue weighted by atomic mass is 10.5. The molecule has 9 nitrogen and oxygen atoms in total. The van der Waals surface area contributed by atoms with Crippen molar-refractivity contribution in [2.75, 3.05) is 18.1 Å². The van der Waals surface area contributed by atoms with Gasteiger partial charge in [-0.1, -0.05) is 0 Å². The monoisotopic (exact) mass is 240 g/mol. The smallest absolute Gasteiger partial charge is 0.341 e. The molecule has 0 aliphatic heterocycles. The first-order valence-electron chi connectivity index (χ1n) is 3.76. The maximum Gasteiger partial charge on any atom is 0.341 e. The van der Waals surface area contributed by atoms with Crippen LogP contribution in [0.15, 0.2) is 23.7 Å². The number of hydrogen-bond acceptors (Lipinski definition) is 9. The van der Waals surface area contributed by atoms with Crippen molar-refractivity contribution in [1.82, 2.24) is 9.78 Å². The predicted octanol–water partition coefficient (Wildman–Crippen LogP) is 0.530. The number of anilines is 2. The number of nitrogen functional groups attached to an aromatic ring is 2. The molecule has 0 atom stereocenters. The first-order valence-corrected chi connectivity index (χ1v) is 4.43. The Morgan fingerprint density at radius 2 is 2.13 bits per heavy atom. The molecule has 0 aliphatic carbocycles. The van der Waals surface area contributed by atoms with E-state index in [0.29, 0.717) is 30.0 Å². The maximum absolute atomic E-state index is 8.50. The Labute approximate surface area is 88.9 Å². The van der Waals surface area contributed by atoms with Gasteiger partial charge in [-0.15, -0.1) is 8.02 Å². The van der Waals surface area contributed by atoms with Crippen LogP contribution in [0.5, 0.6) is 0 Å². The molecule has 88 valence electrons. The molecule has 5 N–H and O–H groups in total. The van der Waals surface area contributed by atoms with Crippen molar-refractivity contribution in [3.05, 3.63) is 6.20 Å². The van der Waals surface area contributed by atoms with E-state index in [-0.39, 0.29) is 8.03 Å². The molecule has 0 bridgehead atoms. The Morgan fingerprint density at radius 3 is 2.47 bits per heavy atom. The quantitative estimate of drug-likeness (QED) is 0.645. The van der Waals surface area contributed by atoms with E-state index in [2.05, 4.69) is 22.6 Å². The fourth-order valence-corrected chi connectivity index (χ4v) is 0.852. The van der Waals surface area contributed by atoms with Crippen LogP contribution in [-0.2, 0) is 6.54 Å². The third-order valence-corrected chi connectivity index (χ3v) is 1.58. The number of nitrogens with zero attached hydrogens (tertiary/aromatic N) is 2. The van der Waals surface area contributed by atoms with Crippen LogP contribution in [0.2, 0.25) is 0 Å². The summed E-state index contributed by atoms with van der Waals surface area (Å²) < 4.78 is 16.7. The Bertz CT molecular complexity index is 365. The van der Waals surface area contributed by atoms with E-state index in [4.69, 9.17) is 16.6 Å². The lowest BCUT2D eigenvalue weighted by Gasteiger charge is -1.99. The van der Waals surface area contributed by atoms with Gasteiger partial charge in [0.25, 0.3) is 0 Å². The van der Waals surface area contributed by atoms with Gasteiger partial charge in [-0.05, 0) is 9.47 Å². The summed E-state index contributed by atoms with van der Waals surface area (Å²) in [6.45, 7) is 0.411. The van der Waals surface area contributed by atoms with Gasteiger partial charge in [0.2, 0.25) is 0 Å². The van der Waals surface area contributed by atoms with Crippen LogP contribution < -0.4 is 11.5 Å². The first-order chi connectivity index (χ1) is 7.25.